The van der Waals surface area contributed by atoms with Crippen molar-refractivity contribution < 1.29 is 17.2 Å². The average molecular weight is 526 g/mol. The Morgan fingerprint density at radius 1 is 1.05 bits per heavy atom. The zero-order valence-corrected chi connectivity index (χ0v) is 21.8. The van der Waals surface area contributed by atoms with Gasteiger partial charge < -0.3 is 18.8 Å². The minimum absolute atomic E-state index is 0.0189. The molecule has 0 N–H and O–H groups in total. The fourth-order valence-electron chi connectivity index (χ4n) is 4.51. The molecule has 11 heteroatoms. The first kappa shape index (κ1) is 25.1. The second kappa shape index (κ2) is 9.71. The summed E-state index contributed by atoms with van der Waals surface area (Å²) in [5.74, 6) is -1.02. The predicted molar refractivity (Wildman–Crippen MR) is 139 cm³/mol. The molecule has 4 aromatic rings. The van der Waals surface area contributed by atoms with Crippen LogP contribution < -0.4 is 10.3 Å². The van der Waals surface area contributed by atoms with Gasteiger partial charge in [0.15, 0.2) is 0 Å². The zero-order valence-electron chi connectivity index (χ0n) is 20.9. The summed E-state index contributed by atoms with van der Waals surface area (Å²) in [6, 6.07) is 10.0. The van der Waals surface area contributed by atoms with Gasteiger partial charge in [0, 0.05) is 44.3 Å². The van der Waals surface area contributed by atoms with Crippen LogP contribution in [0.3, 0.4) is 0 Å². The highest BCUT2D eigenvalue weighted by Crippen LogP contribution is 2.28. The monoisotopic (exact) mass is 525 g/mol. The highest BCUT2D eigenvalue weighted by atomic mass is 32.2. The standard InChI is InChI=1S/C26H28FN5O4S/c1-4-31-15-20(25-28-29-26(36-25)37(34,35)16-18-7-5-17(2)6-8-18)24(33)19-13-21(27)23(14-22(19)31)32-11-9-30(3)10-12-32/h5-8,13-15H,4,9-12,16H2,1-3H3. The minimum Gasteiger partial charge on any atom is -0.408 e. The maximum Gasteiger partial charge on any atom is 0.336 e. The van der Waals surface area contributed by atoms with Gasteiger partial charge in [-0.2, -0.15) is 0 Å². The largest absolute Gasteiger partial charge is 0.408 e. The number of anilines is 1. The number of aryl methyl sites for hydroxylation is 2. The molecule has 0 amide bonds. The Morgan fingerprint density at radius 3 is 2.43 bits per heavy atom. The van der Waals surface area contributed by atoms with Crippen LogP contribution in [0.1, 0.15) is 18.1 Å². The van der Waals surface area contributed by atoms with Gasteiger partial charge >= 0.3 is 5.22 Å². The summed E-state index contributed by atoms with van der Waals surface area (Å²) in [5, 5.41) is 7.17. The highest BCUT2D eigenvalue weighted by molar-refractivity contribution is 7.90. The molecule has 1 saturated heterocycles. The quantitative estimate of drug-likeness (QED) is 0.378. The molecule has 1 fully saturated rings. The third-order valence-electron chi connectivity index (χ3n) is 6.71. The molecule has 0 unspecified atom stereocenters. The van der Waals surface area contributed by atoms with E-state index in [1.807, 2.05) is 37.9 Å². The first-order valence-electron chi connectivity index (χ1n) is 12.1. The van der Waals surface area contributed by atoms with Crippen LogP contribution in [0.15, 0.2) is 57.0 Å². The van der Waals surface area contributed by atoms with E-state index in [-0.39, 0.29) is 22.6 Å². The lowest BCUT2D eigenvalue weighted by Crippen LogP contribution is -2.44. The number of nitrogens with zero attached hydrogens (tertiary/aromatic N) is 5. The number of rotatable bonds is 6. The Morgan fingerprint density at radius 2 is 1.76 bits per heavy atom. The number of benzene rings is 2. The second-order valence-corrected chi connectivity index (χ2v) is 11.3. The van der Waals surface area contributed by atoms with Gasteiger partial charge in [0.2, 0.25) is 15.3 Å². The molecule has 9 nitrogen and oxygen atoms in total. The molecule has 0 saturated carbocycles. The molecule has 0 atom stereocenters. The van der Waals surface area contributed by atoms with Gasteiger partial charge in [-0.1, -0.05) is 34.9 Å². The zero-order chi connectivity index (χ0) is 26.3. The molecule has 0 spiro atoms. The third kappa shape index (κ3) is 4.88. The van der Waals surface area contributed by atoms with Crippen molar-refractivity contribution in [2.24, 2.45) is 0 Å². The summed E-state index contributed by atoms with van der Waals surface area (Å²) in [4.78, 5) is 17.6. The number of piperazine rings is 1. The van der Waals surface area contributed by atoms with Crippen LogP contribution in [-0.2, 0) is 22.1 Å². The van der Waals surface area contributed by atoms with Crippen molar-refractivity contribution in [3.8, 4) is 11.5 Å². The summed E-state index contributed by atoms with van der Waals surface area (Å²) in [5.41, 5.74) is 2.14. The lowest BCUT2D eigenvalue weighted by molar-refractivity contribution is 0.312. The lowest BCUT2D eigenvalue weighted by atomic mass is 10.1. The number of fused-ring (bicyclic) bond motifs is 1. The van der Waals surface area contributed by atoms with E-state index in [0.29, 0.717) is 36.4 Å². The Labute approximate surface area is 214 Å². The molecule has 1 aliphatic heterocycles. The van der Waals surface area contributed by atoms with Crippen molar-refractivity contribution in [2.45, 2.75) is 31.4 Å². The van der Waals surface area contributed by atoms with Crippen molar-refractivity contribution in [3.63, 3.8) is 0 Å². The van der Waals surface area contributed by atoms with Crippen molar-refractivity contribution in [1.82, 2.24) is 19.7 Å². The first-order valence-corrected chi connectivity index (χ1v) is 13.7. The van der Waals surface area contributed by atoms with Gasteiger partial charge in [-0.05, 0) is 38.6 Å². The van der Waals surface area contributed by atoms with E-state index in [4.69, 9.17) is 4.42 Å². The summed E-state index contributed by atoms with van der Waals surface area (Å²) in [7, 11) is -1.90. The first-order chi connectivity index (χ1) is 17.7. The lowest BCUT2D eigenvalue weighted by Gasteiger charge is -2.34. The van der Waals surface area contributed by atoms with Crippen molar-refractivity contribution in [1.29, 1.82) is 0 Å². The third-order valence-corrected chi connectivity index (χ3v) is 8.12. The van der Waals surface area contributed by atoms with Crippen LogP contribution in [0, 0.1) is 12.7 Å². The fraction of sp³-hybridized carbons (Fsp3) is 0.346. The van der Waals surface area contributed by atoms with Gasteiger partial charge in [-0.3, -0.25) is 4.79 Å². The average Bonchev–Trinajstić information content (AvgIpc) is 3.37. The number of likely N-dealkylation sites (N-methyl/N-ethyl adjacent to an activating group) is 1. The van der Waals surface area contributed by atoms with E-state index in [1.54, 1.807) is 29.0 Å². The van der Waals surface area contributed by atoms with E-state index >= 15 is 4.39 Å². The maximum absolute atomic E-state index is 15.2. The van der Waals surface area contributed by atoms with Crippen LogP contribution in [0.2, 0.25) is 0 Å². The van der Waals surface area contributed by atoms with Gasteiger partial charge in [0.1, 0.15) is 11.4 Å². The fourth-order valence-corrected chi connectivity index (χ4v) is 5.64. The summed E-state index contributed by atoms with van der Waals surface area (Å²) in [6.45, 7) is 7.33. The molecule has 194 valence electrons. The molecule has 37 heavy (non-hydrogen) atoms. The Balaban J connectivity index is 1.52. The van der Waals surface area contributed by atoms with Crippen LogP contribution >= 0.6 is 0 Å². The van der Waals surface area contributed by atoms with Gasteiger partial charge in [-0.25, -0.2) is 12.8 Å². The van der Waals surface area contributed by atoms with E-state index in [1.165, 1.54) is 6.07 Å². The Bertz CT molecular complexity index is 1620. The highest BCUT2D eigenvalue weighted by Gasteiger charge is 2.26. The molecule has 0 bridgehead atoms. The number of pyridine rings is 1. The number of hydrogen-bond acceptors (Lipinski definition) is 8. The topological polar surface area (TPSA) is 102 Å². The Hall–Kier alpha value is -3.57. The molecule has 3 heterocycles. The predicted octanol–water partition coefficient (Wildman–Crippen LogP) is 3.24. The van der Waals surface area contributed by atoms with Crippen molar-refractivity contribution >= 4 is 26.4 Å². The molecular weight excluding hydrogens is 497 g/mol. The van der Waals surface area contributed by atoms with E-state index in [0.717, 1.165) is 18.7 Å². The van der Waals surface area contributed by atoms with Crippen LogP contribution in [-0.4, -0.2) is 61.3 Å². The molecule has 2 aromatic carbocycles. The van der Waals surface area contributed by atoms with Gasteiger partial charge in [-0.15, -0.1) is 5.10 Å². The number of hydrogen-bond donors (Lipinski definition) is 0. The van der Waals surface area contributed by atoms with Crippen molar-refractivity contribution in [2.75, 3.05) is 38.1 Å². The maximum atomic E-state index is 15.2. The molecule has 2 aromatic heterocycles. The number of aromatic nitrogens is 3. The number of halogens is 1. The van der Waals surface area contributed by atoms with E-state index in [2.05, 4.69) is 15.1 Å². The number of sulfone groups is 1. The summed E-state index contributed by atoms with van der Waals surface area (Å²) >= 11 is 0. The smallest absolute Gasteiger partial charge is 0.336 e. The van der Waals surface area contributed by atoms with Gasteiger partial charge in [0.25, 0.3) is 5.89 Å². The summed E-state index contributed by atoms with van der Waals surface area (Å²) in [6.07, 6.45) is 1.56. The van der Waals surface area contributed by atoms with Crippen LogP contribution in [0.5, 0.6) is 0 Å². The normalized spacial score (nSPS) is 15.0. The van der Waals surface area contributed by atoms with Crippen LogP contribution in [0.4, 0.5) is 10.1 Å². The molecular formula is C26H28FN5O4S. The molecule has 5 rings (SSSR count). The molecule has 1 aliphatic rings. The van der Waals surface area contributed by atoms with Gasteiger partial charge in [0.05, 0.1) is 17.0 Å². The Kier molecular flexibility index (Phi) is 6.59. The van der Waals surface area contributed by atoms with Crippen LogP contribution in [0.25, 0.3) is 22.4 Å². The SMILES string of the molecule is CCn1cc(-c2nnc(S(=O)(=O)Cc3ccc(C)cc3)o2)c(=O)c2cc(F)c(N3CCN(C)CC3)cc21. The molecule has 0 aliphatic carbocycles. The van der Waals surface area contributed by atoms with E-state index < -0.39 is 26.3 Å². The van der Waals surface area contributed by atoms with Crippen molar-refractivity contribution in [3.05, 3.63) is 69.8 Å². The van der Waals surface area contributed by atoms with E-state index in [9.17, 15) is 13.2 Å². The summed E-state index contributed by atoms with van der Waals surface area (Å²) < 4.78 is 48.2. The minimum atomic E-state index is -3.93. The molecule has 0 radical (unpaired) electrons. The second-order valence-electron chi connectivity index (χ2n) is 9.39.